The Morgan fingerprint density at radius 2 is 0.984 bits per heavy atom. The molecule has 0 aliphatic rings. The third-order valence-corrected chi connectivity index (χ3v) is 11.6. The van der Waals surface area contributed by atoms with Crippen molar-refractivity contribution in [3.63, 3.8) is 0 Å². The maximum absolute atomic E-state index is 5.22. The van der Waals surface area contributed by atoms with Crippen molar-refractivity contribution in [2.75, 3.05) is 0 Å². The van der Waals surface area contributed by atoms with Crippen molar-refractivity contribution >= 4 is 54.4 Å². The summed E-state index contributed by atoms with van der Waals surface area (Å²) >= 11 is 0. The number of fused-ring (bicyclic) bond motifs is 8. The van der Waals surface area contributed by atoms with Crippen LogP contribution in [0.1, 0.15) is 0 Å². The second kappa shape index (κ2) is 14.1. The highest BCUT2D eigenvalue weighted by molar-refractivity contribution is 6.22. The van der Waals surface area contributed by atoms with Gasteiger partial charge in [0.05, 0.1) is 33.5 Å². The Labute approximate surface area is 349 Å². The molecule has 0 amide bonds. The molecule has 0 N–H and O–H groups in total. The van der Waals surface area contributed by atoms with Gasteiger partial charge in [-0.25, -0.2) is 4.98 Å². The largest absolute Gasteiger partial charge is 0.293 e. The Balaban J connectivity index is 1.06. The number of rotatable bonds is 6. The van der Waals surface area contributed by atoms with E-state index < -0.39 is 0 Å². The van der Waals surface area contributed by atoms with Crippen molar-refractivity contribution in [1.29, 1.82) is 0 Å². The molecule has 8 heteroatoms. The first-order valence-electron chi connectivity index (χ1n) is 20.1. The van der Waals surface area contributed by atoms with Gasteiger partial charge in [-0.3, -0.25) is 34.5 Å². The lowest BCUT2D eigenvalue weighted by Gasteiger charge is -2.13. The van der Waals surface area contributed by atoms with Gasteiger partial charge in [-0.15, -0.1) is 0 Å². The van der Waals surface area contributed by atoms with Crippen molar-refractivity contribution in [1.82, 2.24) is 39.5 Å². The van der Waals surface area contributed by atoms with Crippen LogP contribution in [0.15, 0.2) is 195 Å². The molecule has 0 aliphatic heterocycles. The van der Waals surface area contributed by atoms with E-state index in [1.165, 1.54) is 0 Å². The summed E-state index contributed by atoms with van der Waals surface area (Å²) in [4.78, 5) is 33.2. The molecule has 61 heavy (non-hydrogen) atoms. The van der Waals surface area contributed by atoms with Crippen molar-refractivity contribution in [2.45, 2.75) is 0 Å². The SMILES string of the molecule is c1cncc(-c2ccc(-c3ccc4c(c3)c3cc(-c5ccc(-c6cccnc6)cn5)c5ccccc5c3n4-c3ccc(-c4cc5cccnc5c5ncccc45)cn3)nc2)c1. The lowest BCUT2D eigenvalue weighted by atomic mass is 9.96. The highest BCUT2D eigenvalue weighted by Crippen LogP contribution is 2.42. The van der Waals surface area contributed by atoms with Gasteiger partial charge in [0.25, 0.3) is 0 Å². The summed E-state index contributed by atoms with van der Waals surface area (Å²) < 4.78 is 2.30. The maximum Gasteiger partial charge on any atom is 0.137 e. The Kier molecular flexibility index (Phi) is 7.99. The monoisotopic (exact) mass is 780 g/mol. The molecule has 4 aromatic carbocycles. The van der Waals surface area contributed by atoms with E-state index in [0.29, 0.717) is 0 Å². The van der Waals surface area contributed by atoms with Crippen LogP contribution in [0.4, 0.5) is 0 Å². The third-order valence-electron chi connectivity index (χ3n) is 11.6. The van der Waals surface area contributed by atoms with Crippen LogP contribution in [-0.4, -0.2) is 39.5 Å². The second-order valence-corrected chi connectivity index (χ2v) is 15.1. The van der Waals surface area contributed by atoms with Crippen molar-refractivity contribution in [3.8, 4) is 61.7 Å². The number of hydrogen-bond donors (Lipinski definition) is 0. The molecule has 0 aliphatic carbocycles. The average molecular weight is 781 g/mol. The van der Waals surface area contributed by atoms with E-state index in [9.17, 15) is 0 Å². The van der Waals surface area contributed by atoms with Crippen LogP contribution < -0.4 is 0 Å². The summed E-state index contributed by atoms with van der Waals surface area (Å²) in [5, 5.41) is 6.48. The molecule has 0 saturated heterocycles. The van der Waals surface area contributed by atoms with E-state index in [1.54, 1.807) is 12.4 Å². The summed E-state index contributed by atoms with van der Waals surface area (Å²) in [6.45, 7) is 0. The fourth-order valence-electron chi connectivity index (χ4n) is 8.70. The molecule has 12 aromatic rings. The van der Waals surface area contributed by atoms with E-state index in [-0.39, 0.29) is 0 Å². The van der Waals surface area contributed by atoms with Crippen LogP contribution in [0.2, 0.25) is 0 Å². The van der Waals surface area contributed by atoms with Gasteiger partial charge in [0.1, 0.15) is 5.82 Å². The molecule has 0 radical (unpaired) electrons. The molecule has 8 heterocycles. The van der Waals surface area contributed by atoms with Crippen LogP contribution in [0.3, 0.4) is 0 Å². The topological polar surface area (TPSA) is 95.2 Å². The molecule has 0 fully saturated rings. The van der Waals surface area contributed by atoms with Gasteiger partial charge in [0.2, 0.25) is 0 Å². The number of pyridine rings is 7. The molecular weight excluding hydrogens is 749 g/mol. The fraction of sp³-hybridized carbons (Fsp3) is 0. The van der Waals surface area contributed by atoms with E-state index in [4.69, 9.17) is 19.9 Å². The second-order valence-electron chi connectivity index (χ2n) is 15.1. The molecule has 8 nitrogen and oxygen atoms in total. The van der Waals surface area contributed by atoms with Gasteiger partial charge < -0.3 is 0 Å². The normalized spacial score (nSPS) is 11.6. The fourth-order valence-corrected chi connectivity index (χ4v) is 8.70. The third kappa shape index (κ3) is 5.80. The predicted octanol–water partition coefficient (Wildman–Crippen LogP) is 12.3. The first-order chi connectivity index (χ1) is 30.2. The zero-order chi connectivity index (χ0) is 40.3. The lowest BCUT2D eigenvalue weighted by molar-refractivity contribution is 1.08. The minimum Gasteiger partial charge on any atom is -0.293 e. The quantitative estimate of drug-likeness (QED) is 0.155. The first kappa shape index (κ1) is 34.5. The molecule has 12 rings (SSSR count). The van der Waals surface area contributed by atoms with Gasteiger partial charge >= 0.3 is 0 Å². The minimum absolute atomic E-state index is 0.817. The number of benzene rings is 4. The maximum atomic E-state index is 5.22. The number of nitrogens with zero attached hydrogens (tertiary/aromatic N) is 8. The predicted molar refractivity (Wildman–Crippen MR) is 245 cm³/mol. The summed E-state index contributed by atoms with van der Waals surface area (Å²) in [5.41, 5.74) is 13.9. The lowest BCUT2D eigenvalue weighted by Crippen LogP contribution is -1.98. The molecule has 8 aromatic heterocycles. The molecule has 0 spiro atoms. The van der Waals surface area contributed by atoms with E-state index in [1.807, 2.05) is 73.7 Å². The Hall–Kier alpha value is -8.49. The Morgan fingerprint density at radius 3 is 1.69 bits per heavy atom. The highest BCUT2D eigenvalue weighted by Gasteiger charge is 2.21. The van der Waals surface area contributed by atoms with Crippen molar-refractivity contribution in [2.24, 2.45) is 0 Å². The molecule has 0 saturated carbocycles. The van der Waals surface area contributed by atoms with Crippen molar-refractivity contribution < 1.29 is 0 Å². The summed E-state index contributed by atoms with van der Waals surface area (Å²) in [6.07, 6.45) is 16.8. The van der Waals surface area contributed by atoms with Crippen molar-refractivity contribution in [3.05, 3.63) is 195 Å². The van der Waals surface area contributed by atoms with Gasteiger partial charge in [-0.05, 0) is 83.7 Å². The average Bonchev–Trinajstić information content (AvgIpc) is 3.68. The van der Waals surface area contributed by atoms with Gasteiger partial charge in [-0.2, -0.15) is 0 Å². The van der Waals surface area contributed by atoms with Crippen LogP contribution in [0.5, 0.6) is 0 Å². The molecule has 0 atom stereocenters. The van der Waals surface area contributed by atoms with Crippen LogP contribution in [0.25, 0.3) is 116 Å². The van der Waals surface area contributed by atoms with E-state index in [2.05, 4.69) is 129 Å². The summed E-state index contributed by atoms with van der Waals surface area (Å²) in [7, 11) is 0. The van der Waals surface area contributed by atoms with Crippen LogP contribution in [0, 0.1) is 0 Å². The Bertz CT molecular complexity index is 3610. The van der Waals surface area contributed by atoms with Crippen LogP contribution in [-0.2, 0) is 0 Å². The first-order valence-corrected chi connectivity index (χ1v) is 20.1. The number of aromatic nitrogens is 8. The van der Waals surface area contributed by atoms with E-state index in [0.717, 1.165) is 116 Å². The van der Waals surface area contributed by atoms with Gasteiger partial charge in [0, 0.05) is 122 Å². The van der Waals surface area contributed by atoms with Crippen LogP contribution >= 0.6 is 0 Å². The van der Waals surface area contributed by atoms with E-state index >= 15 is 0 Å². The zero-order valence-electron chi connectivity index (χ0n) is 32.6. The molecule has 284 valence electrons. The smallest absolute Gasteiger partial charge is 0.137 e. The number of hydrogen-bond acceptors (Lipinski definition) is 7. The zero-order valence-corrected chi connectivity index (χ0v) is 32.6. The standard InChI is InChI=1S/C53H32N8/c1-2-11-42-40(10-1)44(48-18-14-38(31-59-48)36-9-4-22-55-29-36)27-46-45-25-33(47-17-13-37(30-58-47)35-8-3-21-54-28-35)15-19-49(45)61(53(42)46)50-20-16-39(32-60-50)43-26-34-7-5-23-56-51(34)52-41(43)12-6-24-57-52/h1-32H. The minimum atomic E-state index is 0.817. The molecule has 0 unspecified atom stereocenters. The molecule has 0 bridgehead atoms. The Morgan fingerprint density at radius 1 is 0.344 bits per heavy atom. The highest BCUT2D eigenvalue weighted by atomic mass is 15.1. The molecular formula is C53H32N8. The summed E-state index contributed by atoms with van der Waals surface area (Å²) in [6, 6.07) is 48.5. The summed E-state index contributed by atoms with van der Waals surface area (Å²) in [5.74, 6) is 0.817. The van der Waals surface area contributed by atoms with Gasteiger partial charge in [0.15, 0.2) is 0 Å². The van der Waals surface area contributed by atoms with Gasteiger partial charge in [-0.1, -0.05) is 66.7 Å².